The maximum atomic E-state index is 11.8. The number of likely N-dealkylation sites (N-methyl/N-ethyl adjacent to an activating group) is 1. The van der Waals surface area contributed by atoms with E-state index in [0.29, 0.717) is 24.5 Å². The molecule has 0 radical (unpaired) electrons. The Morgan fingerprint density at radius 2 is 2.04 bits per heavy atom. The fourth-order valence-electron chi connectivity index (χ4n) is 3.04. The first-order valence-corrected chi connectivity index (χ1v) is 9.13. The zero-order valence-corrected chi connectivity index (χ0v) is 15.9. The molecule has 0 aromatic heterocycles. The van der Waals surface area contributed by atoms with Crippen LogP contribution >= 0.6 is 0 Å². The smallest absolute Gasteiger partial charge is 0.407 e. The van der Waals surface area contributed by atoms with Crippen LogP contribution in [0, 0.1) is 5.92 Å². The fourth-order valence-corrected chi connectivity index (χ4v) is 3.04. The summed E-state index contributed by atoms with van der Waals surface area (Å²) in [4.78, 5) is 14.2. The molecule has 0 bridgehead atoms. The van der Waals surface area contributed by atoms with E-state index in [1.54, 1.807) is 0 Å². The molecule has 1 aliphatic carbocycles. The number of amides is 1. The third-order valence-electron chi connectivity index (χ3n) is 4.78. The quantitative estimate of drug-likeness (QED) is 0.719. The molecule has 0 spiro atoms. The molecule has 0 heterocycles. The minimum atomic E-state index is -0.433. The lowest BCUT2D eigenvalue weighted by Gasteiger charge is -2.26. The number of nitrogens with zero attached hydrogens (tertiary/aromatic N) is 1. The average Bonchev–Trinajstić information content (AvgIpc) is 2.89. The highest BCUT2D eigenvalue weighted by Crippen LogP contribution is 2.25. The zero-order chi connectivity index (χ0) is 17.5. The molecule has 3 atom stereocenters. The summed E-state index contributed by atoms with van der Waals surface area (Å²) in [6, 6.07) is 1.14. The Labute approximate surface area is 142 Å². The van der Waals surface area contributed by atoms with Crippen molar-refractivity contribution in [2.45, 2.75) is 78.0 Å². The van der Waals surface area contributed by atoms with Crippen LogP contribution in [0.3, 0.4) is 0 Å². The summed E-state index contributed by atoms with van der Waals surface area (Å²) >= 11 is 0. The molecule has 1 amide bonds. The van der Waals surface area contributed by atoms with Crippen molar-refractivity contribution in [1.82, 2.24) is 15.5 Å². The van der Waals surface area contributed by atoms with Gasteiger partial charge in [0.25, 0.3) is 0 Å². The van der Waals surface area contributed by atoms with Gasteiger partial charge in [-0.05, 0) is 59.9 Å². The van der Waals surface area contributed by atoms with E-state index < -0.39 is 5.60 Å². The summed E-state index contributed by atoms with van der Waals surface area (Å²) in [6.45, 7) is 12.9. The number of rotatable bonds is 8. The van der Waals surface area contributed by atoms with Crippen LogP contribution in [0.25, 0.3) is 0 Å². The van der Waals surface area contributed by atoms with Crippen molar-refractivity contribution in [2.75, 3.05) is 26.7 Å². The van der Waals surface area contributed by atoms with Gasteiger partial charge >= 0.3 is 6.09 Å². The van der Waals surface area contributed by atoms with E-state index in [1.165, 1.54) is 25.7 Å². The molecule has 5 heteroatoms. The maximum absolute atomic E-state index is 11.8. The second-order valence-electron chi connectivity index (χ2n) is 7.87. The lowest BCUT2D eigenvalue weighted by Crippen LogP contribution is -2.43. The third kappa shape index (κ3) is 8.02. The predicted molar refractivity (Wildman–Crippen MR) is 95.8 cm³/mol. The minimum Gasteiger partial charge on any atom is -0.444 e. The zero-order valence-electron chi connectivity index (χ0n) is 15.9. The van der Waals surface area contributed by atoms with Gasteiger partial charge in [0.2, 0.25) is 0 Å². The highest BCUT2D eigenvalue weighted by atomic mass is 16.6. The summed E-state index contributed by atoms with van der Waals surface area (Å²) in [5.41, 5.74) is -0.433. The number of alkyl carbamates (subject to hydrolysis) is 1. The Morgan fingerprint density at radius 1 is 1.35 bits per heavy atom. The molecule has 1 fully saturated rings. The lowest BCUT2D eigenvalue weighted by molar-refractivity contribution is 0.0517. The van der Waals surface area contributed by atoms with Crippen LogP contribution in [0.2, 0.25) is 0 Å². The first-order chi connectivity index (χ1) is 10.7. The molecule has 0 aromatic carbocycles. The van der Waals surface area contributed by atoms with Gasteiger partial charge in [0.15, 0.2) is 0 Å². The van der Waals surface area contributed by atoms with Gasteiger partial charge in [-0.15, -0.1) is 0 Å². The molecule has 1 aliphatic rings. The summed E-state index contributed by atoms with van der Waals surface area (Å²) in [7, 11) is 2.19. The van der Waals surface area contributed by atoms with Crippen LogP contribution in [-0.2, 0) is 4.74 Å². The topological polar surface area (TPSA) is 53.6 Å². The van der Waals surface area contributed by atoms with Crippen molar-refractivity contribution in [3.05, 3.63) is 0 Å². The molecule has 3 unspecified atom stereocenters. The molecule has 23 heavy (non-hydrogen) atoms. The Kier molecular flexibility index (Phi) is 8.34. The van der Waals surface area contributed by atoms with Gasteiger partial charge < -0.3 is 20.3 Å². The van der Waals surface area contributed by atoms with E-state index >= 15 is 0 Å². The fraction of sp³-hybridized carbons (Fsp3) is 0.944. The van der Waals surface area contributed by atoms with Crippen LogP contribution in [0.4, 0.5) is 4.79 Å². The van der Waals surface area contributed by atoms with Gasteiger partial charge in [-0.25, -0.2) is 4.79 Å². The number of hydrogen-bond acceptors (Lipinski definition) is 4. The number of carbonyl (C=O) groups is 1. The Bertz CT molecular complexity index is 355. The van der Waals surface area contributed by atoms with Gasteiger partial charge in [-0.3, -0.25) is 0 Å². The first kappa shape index (κ1) is 20.2. The molecule has 1 rings (SSSR count). The second-order valence-corrected chi connectivity index (χ2v) is 7.87. The van der Waals surface area contributed by atoms with Gasteiger partial charge in [0.1, 0.15) is 5.60 Å². The lowest BCUT2D eigenvalue weighted by atomic mass is 10.0. The minimum absolute atomic E-state index is 0.306. The summed E-state index contributed by atoms with van der Waals surface area (Å²) in [5, 5.41) is 6.61. The molecule has 0 aromatic rings. The van der Waals surface area contributed by atoms with E-state index in [9.17, 15) is 4.79 Å². The average molecular weight is 328 g/mol. The Morgan fingerprint density at radius 3 is 2.65 bits per heavy atom. The van der Waals surface area contributed by atoms with Crippen molar-refractivity contribution in [3.63, 3.8) is 0 Å². The summed E-state index contributed by atoms with van der Waals surface area (Å²) < 4.78 is 5.31. The molecule has 5 nitrogen and oxygen atoms in total. The van der Waals surface area contributed by atoms with Crippen LogP contribution in [-0.4, -0.2) is 55.4 Å². The van der Waals surface area contributed by atoms with Crippen molar-refractivity contribution >= 4 is 6.09 Å². The number of hydrogen-bond donors (Lipinski definition) is 2. The summed E-state index contributed by atoms with van der Waals surface area (Å²) in [5.74, 6) is 0.511. The monoisotopic (exact) mass is 327 g/mol. The van der Waals surface area contributed by atoms with Crippen LogP contribution < -0.4 is 10.6 Å². The highest BCUT2D eigenvalue weighted by molar-refractivity contribution is 5.67. The Hall–Kier alpha value is -0.810. The van der Waals surface area contributed by atoms with Gasteiger partial charge in [0.05, 0.1) is 0 Å². The van der Waals surface area contributed by atoms with E-state index in [2.05, 4.69) is 36.4 Å². The van der Waals surface area contributed by atoms with Gasteiger partial charge in [0, 0.05) is 31.7 Å². The summed E-state index contributed by atoms with van der Waals surface area (Å²) in [6.07, 6.45) is 4.49. The van der Waals surface area contributed by atoms with E-state index in [4.69, 9.17) is 4.74 Å². The molecule has 1 saturated carbocycles. The molecule has 136 valence electrons. The van der Waals surface area contributed by atoms with E-state index in [-0.39, 0.29) is 6.09 Å². The van der Waals surface area contributed by atoms with E-state index in [1.807, 2.05) is 20.8 Å². The number of nitrogens with one attached hydrogen (secondary N) is 2. The number of carbonyl (C=O) groups excluding carboxylic acids is 1. The molecule has 0 aliphatic heterocycles. The molecular formula is C18H37N3O2. The first-order valence-electron chi connectivity index (χ1n) is 9.13. The van der Waals surface area contributed by atoms with Crippen molar-refractivity contribution in [3.8, 4) is 0 Å². The second kappa shape index (κ2) is 9.48. The molecular weight excluding hydrogens is 290 g/mol. The predicted octanol–water partition coefficient (Wildman–Crippen LogP) is 3.00. The molecule has 0 saturated heterocycles. The van der Waals surface area contributed by atoms with Crippen LogP contribution in [0.1, 0.15) is 60.3 Å². The largest absolute Gasteiger partial charge is 0.444 e. The maximum Gasteiger partial charge on any atom is 0.407 e. The SMILES string of the molecule is CCC(C)N(C)CCNC1CCCC1CNC(=O)OC(C)(C)C. The van der Waals surface area contributed by atoms with Crippen molar-refractivity contribution < 1.29 is 9.53 Å². The normalized spacial score (nSPS) is 23.1. The van der Waals surface area contributed by atoms with Crippen LogP contribution in [0.5, 0.6) is 0 Å². The molecule has 2 N–H and O–H groups in total. The standard InChI is InChI=1S/C18H37N3O2/c1-7-14(2)21(6)12-11-19-16-10-8-9-15(16)13-20-17(22)23-18(3,4)5/h14-16,19H,7-13H2,1-6H3,(H,20,22). The number of ether oxygens (including phenoxy) is 1. The third-order valence-corrected chi connectivity index (χ3v) is 4.78. The van der Waals surface area contributed by atoms with Gasteiger partial charge in [-0.2, -0.15) is 0 Å². The van der Waals surface area contributed by atoms with Gasteiger partial charge in [-0.1, -0.05) is 13.3 Å². The van der Waals surface area contributed by atoms with E-state index in [0.717, 1.165) is 13.1 Å². The highest BCUT2D eigenvalue weighted by Gasteiger charge is 2.27. The van der Waals surface area contributed by atoms with Crippen LogP contribution in [0.15, 0.2) is 0 Å². The van der Waals surface area contributed by atoms with Crippen molar-refractivity contribution in [1.29, 1.82) is 0 Å². The van der Waals surface area contributed by atoms with Crippen molar-refractivity contribution in [2.24, 2.45) is 5.92 Å². The Balaban J connectivity index is 2.27.